The number of hydrogen-bond donors (Lipinski definition) is 2. The average Bonchev–Trinajstić information content (AvgIpc) is 2.58. The summed E-state index contributed by atoms with van der Waals surface area (Å²) in [6, 6.07) is 0.232. The Balaban J connectivity index is 2.23. The molecule has 0 fully saturated rings. The molecule has 0 aliphatic rings. The van der Waals surface area contributed by atoms with E-state index in [4.69, 9.17) is 4.42 Å². The summed E-state index contributed by atoms with van der Waals surface area (Å²) in [5.41, 5.74) is 0.896. The predicted octanol–water partition coefficient (Wildman–Crippen LogP) is 1.69. The number of carbonyl (C=O) groups excluding carboxylic acids is 1. The normalized spacial score (nSPS) is 12.4. The Morgan fingerprint density at radius 2 is 2.17 bits per heavy atom. The predicted molar refractivity (Wildman–Crippen MR) is 70.2 cm³/mol. The van der Waals surface area contributed by atoms with E-state index < -0.39 is 0 Å². The zero-order valence-corrected chi connectivity index (χ0v) is 11.7. The van der Waals surface area contributed by atoms with E-state index in [9.17, 15) is 4.79 Å². The van der Waals surface area contributed by atoms with Crippen LogP contribution < -0.4 is 10.6 Å². The van der Waals surface area contributed by atoms with E-state index in [-0.39, 0.29) is 18.5 Å². The summed E-state index contributed by atoms with van der Waals surface area (Å²) < 4.78 is 5.41. The first-order chi connectivity index (χ1) is 8.52. The molecule has 5 heteroatoms. The number of amides is 1. The van der Waals surface area contributed by atoms with Crippen LogP contribution in [0.4, 0.5) is 0 Å². The Bertz CT molecular complexity index is 368. The maximum absolute atomic E-state index is 11.6. The van der Waals surface area contributed by atoms with Crippen molar-refractivity contribution in [1.82, 2.24) is 15.6 Å². The smallest absolute Gasteiger partial charge is 0.234 e. The number of aromatic nitrogens is 1. The Kier molecular flexibility index (Phi) is 5.85. The van der Waals surface area contributed by atoms with Gasteiger partial charge in [-0.1, -0.05) is 13.3 Å². The number of nitrogens with zero attached hydrogens (tertiary/aromatic N) is 1. The molecule has 1 rings (SSSR count). The molecule has 2 N–H and O–H groups in total. The Labute approximate surface area is 108 Å². The topological polar surface area (TPSA) is 67.2 Å². The standard InChI is InChI=1S/C13H23N3O2/c1-5-6-9(2)15-12(17)7-14-8-13-16-10(3)11(4)18-13/h9,14H,5-8H2,1-4H3,(H,15,17). The van der Waals surface area contributed by atoms with Crippen LogP contribution in [0.2, 0.25) is 0 Å². The number of rotatable bonds is 7. The summed E-state index contributed by atoms with van der Waals surface area (Å²) in [5, 5.41) is 5.95. The van der Waals surface area contributed by atoms with Crippen LogP contribution in [0.1, 0.15) is 44.0 Å². The van der Waals surface area contributed by atoms with Crippen molar-refractivity contribution in [2.24, 2.45) is 0 Å². The first kappa shape index (κ1) is 14.7. The van der Waals surface area contributed by atoms with Crippen molar-refractivity contribution in [3.05, 3.63) is 17.3 Å². The quantitative estimate of drug-likeness (QED) is 0.776. The van der Waals surface area contributed by atoms with Crippen molar-refractivity contribution in [2.45, 2.75) is 53.1 Å². The van der Waals surface area contributed by atoms with E-state index in [1.54, 1.807) is 0 Å². The second-order valence-electron chi connectivity index (χ2n) is 4.61. The van der Waals surface area contributed by atoms with Crippen LogP contribution in [0, 0.1) is 13.8 Å². The molecule has 18 heavy (non-hydrogen) atoms. The summed E-state index contributed by atoms with van der Waals surface area (Å²) in [6.45, 7) is 8.67. The van der Waals surface area contributed by atoms with Crippen LogP contribution in [0.5, 0.6) is 0 Å². The van der Waals surface area contributed by atoms with Crippen LogP contribution in [0.25, 0.3) is 0 Å². The molecule has 102 valence electrons. The molecule has 1 unspecified atom stereocenters. The van der Waals surface area contributed by atoms with Gasteiger partial charge in [0.05, 0.1) is 18.8 Å². The van der Waals surface area contributed by atoms with Crippen LogP contribution in [-0.2, 0) is 11.3 Å². The highest BCUT2D eigenvalue weighted by Gasteiger charge is 2.08. The van der Waals surface area contributed by atoms with E-state index in [1.165, 1.54) is 0 Å². The van der Waals surface area contributed by atoms with Gasteiger partial charge in [0.1, 0.15) is 5.76 Å². The third kappa shape index (κ3) is 4.87. The van der Waals surface area contributed by atoms with Crippen molar-refractivity contribution >= 4 is 5.91 Å². The van der Waals surface area contributed by atoms with Crippen molar-refractivity contribution in [1.29, 1.82) is 0 Å². The Hall–Kier alpha value is -1.36. The summed E-state index contributed by atoms with van der Waals surface area (Å²) in [5.74, 6) is 1.46. The van der Waals surface area contributed by atoms with Crippen LogP contribution in [0.3, 0.4) is 0 Å². The lowest BCUT2D eigenvalue weighted by atomic mass is 10.2. The number of aryl methyl sites for hydroxylation is 2. The van der Waals surface area contributed by atoms with Gasteiger partial charge < -0.3 is 9.73 Å². The van der Waals surface area contributed by atoms with Crippen LogP contribution >= 0.6 is 0 Å². The zero-order valence-electron chi connectivity index (χ0n) is 11.7. The largest absolute Gasteiger partial charge is 0.444 e. The first-order valence-corrected chi connectivity index (χ1v) is 6.46. The summed E-state index contributed by atoms with van der Waals surface area (Å²) in [6.07, 6.45) is 2.08. The van der Waals surface area contributed by atoms with Crippen molar-refractivity contribution in [2.75, 3.05) is 6.54 Å². The molecule has 0 aromatic carbocycles. The number of carbonyl (C=O) groups is 1. The van der Waals surface area contributed by atoms with Gasteiger partial charge in [0.15, 0.2) is 0 Å². The van der Waals surface area contributed by atoms with Crippen LogP contribution in [-0.4, -0.2) is 23.5 Å². The molecule has 0 saturated heterocycles. The molecule has 0 radical (unpaired) electrons. The summed E-state index contributed by atoms with van der Waals surface area (Å²) in [7, 11) is 0. The molecule has 0 bridgehead atoms. The van der Waals surface area contributed by atoms with Crippen molar-refractivity contribution < 1.29 is 9.21 Å². The second kappa shape index (κ2) is 7.16. The van der Waals surface area contributed by atoms with Gasteiger partial charge in [-0.05, 0) is 27.2 Å². The summed E-state index contributed by atoms with van der Waals surface area (Å²) in [4.78, 5) is 15.8. The van der Waals surface area contributed by atoms with E-state index in [1.807, 2.05) is 20.8 Å². The number of nitrogens with one attached hydrogen (secondary N) is 2. The maximum Gasteiger partial charge on any atom is 0.234 e. The molecule has 1 heterocycles. The highest BCUT2D eigenvalue weighted by Crippen LogP contribution is 2.07. The van der Waals surface area contributed by atoms with Gasteiger partial charge in [0.25, 0.3) is 0 Å². The molecular weight excluding hydrogens is 230 g/mol. The van der Waals surface area contributed by atoms with Gasteiger partial charge in [-0.15, -0.1) is 0 Å². The zero-order chi connectivity index (χ0) is 13.5. The molecular formula is C13H23N3O2. The fourth-order valence-electron chi connectivity index (χ4n) is 1.73. The Morgan fingerprint density at radius 3 is 2.72 bits per heavy atom. The molecule has 5 nitrogen and oxygen atoms in total. The summed E-state index contributed by atoms with van der Waals surface area (Å²) >= 11 is 0. The highest BCUT2D eigenvalue weighted by atomic mass is 16.4. The molecule has 1 amide bonds. The molecule has 0 aliphatic carbocycles. The third-order valence-electron chi connectivity index (χ3n) is 2.76. The fraction of sp³-hybridized carbons (Fsp3) is 0.692. The van der Waals surface area contributed by atoms with Gasteiger partial charge in [-0.3, -0.25) is 10.1 Å². The lowest BCUT2D eigenvalue weighted by Crippen LogP contribution is -2.38. The SMILES string of the molecule is CCCC(C)NC(=O)CNCc1nc(C)c(C)o1. The monoisotopic (exact) mass is 253 g/mol. The van der Waals surface area contributed by atoms with Gasteiger partial charge in [-0.2, -0.15) is 0 Å². The van der Waals surface area contributed by atoms with Gasteiger partial charge in [-0.25, -0.2) is 4.98 Å². The second-order valence-corrected chi connectivity index (χ2v) is 4.61. The molecule has 0 aliphatic heterocycles. The maximum atomic E-state index is 11.6. The molecule has 1 atom stereocenters. The number of oxazole rings is 1. The third-order valence-corrected chi connectivity index (χ3v) is 2.76. The molecule has 0 saturated carbocycles. The molecule has 0 spiro atoms. The molecule has 1 aromatic heterocycles. The fourth-order valence-corrected chi connectivity index (χ4v) is 1.73. The minimum atomic E-state index is 0.0101. The van der Waals surface area contributed by atoms with Gasteiger partial charge >= 0.3 is 0 Å². The van der Waals surface area contributed by atoms with E-state index in [0.29, 0.717) is 12.4 Å². The van der Waals surface area contributed by atoms with E-state index in [0.717, 1.165) is 24.3 Å². The van der Waals surface area contributed by atoms with Gasteiger partial charge in [0, 0.05) is 6.04 Å². The van der Waals surface area contributed by atoms with Crippen molar-refractivity contribution in [3.8, 4) is 0 Å². The number of hydrogen-bond acceptors (Lipinski definition) is 4. The van der Waals surface area contributed by atoms with Gasteiger partial charge in [0.2, 0.25) is 11.8 Å². The van der Waals surface area contributed by atoms with E-state index in [2.05, 4.69) is 22.5 Å². The first-order valence-electron chi connectivity index (χ1n) is 6.46. The van der Waals surface area contributed by atoms with E-state index >= 15 is 0 Å². The van der Waals surface area contributed by atoms with Crippen molar-refractivity contribution in [3.63, 3.8) is 0 Å². The minimum absolute atomic E-state index is 0.0101. The lowest BCUT2D eigenvalue weighted by Gasteiger charge is -2.12. The van der Waals surface area contributed by atoms with Crippen LogP contribution in [0.15, 0.2) is 4.42 Å². The Morgan fingerprint density at radius 1 is 1.44 bits per heavy atom. The lowest BCUT2D eigenvalue weighted by molar-refractivity contribution is -0.120. The minimum Gasteiger partial charge on any atom is -0.444 e. The molecule has 1 aromatic rings. The highest BCUT2D eigenvalue weighted by molar-refractivity contribution is 5.78. The average molecular weight is 253 g/mol.